The fourth-order valence-electron chi connectivity index (χ4n) is 2.11. The average molecular weight is 304 g/mol. The summed E-state index contributed by atoms with van der Waals surface area (Å²) in [6.45, 7) is 9.16. The molecule has 0 spiro atoms. The van der Waals surface area contributed by atoms with E-state index in [9.17, 15) is 4.79 Å². The predicted octanol–water partition coefficient (Wildman–Crippen LogP) is 2.24. The molecule has 0 aliphatic carbocycles. The van der Waals surface area contributed by atoms with Crippen LogP contribution < -0.4 is 10.6 Å². The van der Waals surface area contributed by atoms with Gasteiger partial charge in [0, 0.05) is 38.8 Å². The van der Waals surface area contributed by atoms with Crippen molar-refractivity contribution in [1.29, 1.82) is 0 Å². The first-order chi connectivity index (χ1) is 10.7. The lowest BCUT2D eigenvalue weighted by molar-refractivity contribution is 0.0773. The number of guanidine groups is 1. The van der Waals surface area contributed by atoms with E-state index in [1.165, 1.54) is 0 Å². The van der Waals surface area contributed by atoms with Gasteiger partial charge in [-0.3, -0.25) is 9.79 Å². The topological polar surface area (TPSA) is 56.7 Å². The number of amides is 1. The van der Waals surface area contributed by atoms with Crippen molar-refractivity contribution in [3.05, 3.63) is 35.4 Å². The van der Waals surface area contributed by atoms with Gasteiger partial charge in [-0.15, -0.1) is 0 Å². The number of hydrogen-bond acceptors (Lipinski definition) is 2. The molecule has 1 aromatic rings. The summed E-state index contributed by atoms with van der Waals surface area (Å²) in [4.78, 5) is 18.2. The highest BCUT2D eigenvalue weighted by Gasteiger charge is 2.11. The van der Waals surface area contributed by atoms with Gasteiger partial charge in [0.1, 0.15) is 0 Å². The zero-order valence-corrected chi connectivity index (χ0v) is 14.1. The van der Waals surface area contributed by atoms with Crippen molar-refractivity contribution in [1.82, 2.24) is 15.5 Å². The van der Waals surface area contributed by atoms with Crippen LogP contribution >= 0.6 is 0 Å². The van der Waals surface area contributed by atoms with Crippen LogP contribution in [0.25, 0.3) is 0 Å². The van der Waals surface area contributed by atoms with Gasteiger partial charge in [0.15, 0.2) is 5.96 Å². The lowest BCUT2D eigenvalue weighted by Gasteiger charge is -2.18. The molecular formula is C17H28N4O. The Kier molecular flexibility index (Phi) is 8.04. The summed E-state index contributed by atoms with van der Waals surface area (Å²) in [6, 6.07) is 7.74. The van der Waals surface area contributed by atoms with Gasteiger partial charge in [-0.2, -0.15) is 0 Å². The maximum atomic E-state index is 12.2. The van der Waals surface area contributed by atoms with E-state index in [0.717, 1.165) is 43.1 Å². The Labute approximate surface area is 133 Å². The molecule has 1 aromatic carbocycles. The monoisotopic (exact) mass is 304 g/mol. The van der Waals surface area contributed by atoms with Gasteiger partial charge in [0.05, 0.1) is 0 Å². The van der Waals surface area contributed by atoms with Crippen LogP contribution in [0, 0.1) is 0 Å². The van der Waals surface area contributed by atoms with E-state index in [0.29, 0.717) is 6.54 Å². The second-order valence-electron chi connectivity index (χ2n) is 5.03. The van der Waals surface area contributed by atoms with Crippen LogP contribution in [0.5, 0.6) is 0 Å². The number of rotatable bonds is 7. The molecule has 0 atom stereocenters. The molecule has 0 bridgehead atoms. The molecule has 0 unspecified atom stereocenters. The maximum absolute atomic E-state index is 12.2. The van der Waals surface area contributed by atoms with E-state index in [4.69, 9.17) is 0 Å². The van der Waals surface area contributed by atoms with Crippen molar-refractivity contribution in [2.75, 3.05) is 26.7 Å². The van der Waals surface area contributed by atoms with Crippen molar-refractivity contribution in [2.24, 2.45) is 4.99 Å². The molecule has 0 heterocycles. The SMILES string of the molecule is CCCNC(=NC)NCc1ccc(C(=O)N(CC)CC)cc1. The summed E-state index contributed by atoms with van der Waals surface area (Å²) < 4.78 is 0. The Balaban J connectivity index is 2.60. The summed E-state index contributed by atoms with van der Waals surface area (Å²) in [6.07, 6.45) is 1.06. The zero-order chi connectivity index (χ0) is 16.4. The molecule has 0 saturated heterocycles. The zero-order valence-electron chi connectivity index (χ0n) is 14.1. The summed E-state index contributed by atoms with van der Waals surface area (Å²) in [5.41, 5.74) is 1.86. The second-order valence-corrected chi connectivity index (χ2v) is 5.03. The van der Waals surface area contributed by atoms with Gasteiger partial charge in [-0.1, -0.05) is 19.1 Å². The molecule has 0 fully saturated rings. The minimum absolute atomic E-state index is 0.0879. The number of benzene rings is 1. The van der Waals surface area contributed by atoms with Crippen LogP contribution in [0.15, 0.2) is 29.3 Å². The van der Waals surface area contributed by atoms with Gasteiger partial charge >= 0.3 is 0 Å². The Bertz CT molecular complexity index is 478. The molecule has 2 N–H and O–H groups in total. The Morgan fingerprint density at radius 3 is 2.23 bits per heavy atom. The molecule has 22 heavy (non-hydrogen) atoms. The third-order valence-electron chi connectivity index (χ3n) is 3.48. The van der Waals surface area contributed by atoms with E-state index in [2.05, 4.69) is 22.5 Å². The quantitative estimate of drug-likeness (QED) is 0.600. The van der Waals surface area contributed by atoms with E-state index in [1.807, 2.05) is 43.0 Å². The smallest absolute Gasteiger partial charge is 0.253 e. The highest BCUT2D eigenvalue weighted by molar-refractivity contribution is 5.94. The summed E-state index contributed by atoms with van der Waals surface area (Å²) in [5.74, 6) is 0.884. The number of carbonyl (C=O) groups excluding carboxylic acids is 1. The maximum Gasteiger partial charge on any atom is 0.253 e. The number of nitrogens with zero attached hydrogens (tertiary/aromatic N) is 2. The van der Waals surface area contributed by atoms with Gasteiger partial charge in [-0.05, 0) is 38.0 Å². The van der Waals surface area contributed by atoms with Gasteiger partial charge < -0.3 is 15.5 Å². The van der Waals surface area contributed by atoms with Gasteiger partial charge in [0.2, 0.25) is 0 Å². The van der Waals surface area contributed by atoms with Crippen LogP contribution in [0.3, 0.4) is 0 Å². The molecule has 122 valence electrons. The van der Waals surface area contributed by atoms with Crippen LogP contribution in [0.2, 0.25) is 0 Å². The molecule has 5 nitrogen and oxygen atoms in total. The number of nitrogens with one attached hydrogen (secondary N) is 2. The minimum Gasteiger partial charge on any atom is -0.356 e. The number of aliphatic imine (C=N–C) groups is 1. The van der Waals surface area contributed by atoms with Gasteiger partial charge in [0.25, 0.3) is 5.91 Å². The summed E-state index contributed by atoms with van der Waals surface area (Å²) in [5, 5.41) is 6.49. The number of carbonyl (C=O) groups is 1. The molecule has 0 aliphatic rings. The standard InChI is InChI=1S/C17H28N4O/c1-5-12-19-17(18-4)20-13-14-8-10-15(11-9-14)16(22)21(6-2)7-3/h8-11H,5-7,12-13H2,1-4H3,(H2,18,19,20). The highest BCUT2D eigenvalue weighted by atomic mass is 16.2. The fraction of sp³-hybridized carbons (Fsp3) is 0.529. The largest absolute Gasteiger partial charge is 0.356 e. The first-order valence-corrected chi connectivity index (χ1v) is 7.98. The highest BCUT2D eigenvalue weighted by Crippen LogP contribution is 2.08. The van der Waals surface area contributed by atoms with E-state index < -0.39 is 0 Å². The molecular weight excluding hydrogens is 276 g/mol. The molecule has 1 amide bonds. The second kappa shape index (κ2) is 9.82. The van der Waals surface area contributed by atoms with Crippen molar-refractivity contribution < 1.29 is 4.79 Å². The van der Waals surface area contributed by atoms with E-state index in [1.54, 1.807) is 7.05 Å². The lowest BCUT2D eigenvalue weighted by atomic mass is 10.1. The number of hydrogen-bond donors (Lipinski definition) is 2. The molecule has 1 rings (SSSR count). The average Bonchev–Trinajstić information content (AvgIpc) is 2.56. The van der Waals surface area contributed by atoms with Crippen LogP contribution in [-0.2, 0) is 6.54 Å². The predicted molar refractivity (Wildman–Crippen MR) is 92.2 cm³/mol. The Morgan fingerprint density at radius 1 is 1.09 bits per heavy atom. The fourth-order valence-corrected chi connectivity index (χ4v) is 2.11. The van der Waals surface area contributed by atoms with Gasteiger partial charge in [-0.25, -0.2) is 0 Å². The molecule has 5 heteroatoms. The minimum atomic E-state index is 0.0879. The van der Waals surface area contributed by atoms with Crippen LogP contribution in [-0.4, -0.2) is 43.4 Å². The molecule has 0 aromatic heterocycles. The lowest BCUT2D eigenvalue weighted by Crippen LogP contribution is -2.37. The molecule has 0 aliphatic heterocycles. The summed E-state index contributed by atoms with van der Waals surface area (Å²) >= 11 is 0. The first kappa shape index (κ1) is 18.0. The van der Waals surface area contributed by atoms with Crippen LogP contribution in [0.4, 0.5) is 0 Å². The third kappa shape index (κ3) is 5.39. The van der Waals surface area contributed by atoms with Crippen molar-refractivity contribution >= 4 is 11.9 Å². The molecule has 0 saturated carbocycles. The van der Waals surface area contributed by atoms with E-state index >= 15 is 0 Å². The molecule has 0 radical (unpaired) electrons. The van der Waals surface area contributed by atoms with Crippen LogP contribution in [0.1, 0.15) is 43.1 Å². The summed E-state index contributed by atoms with van der Waals surface area (Å²) in [7, 11) is 1.76. The van der Waals surface area contributed by atoms with Crippen molar-refractivity contribution in [2.45, 2.75) is 33.7 Å². The normalized spacial score (nSPS) is 11.2. The van der Waals surface area contributed by atoms with Crippen molar-refractivity contribution in [3.8, 4) is 0 Å². The Hall–Kier alpha value is -2.04. The van der Waals surface area contributed by atoms with E-state index in [-0.39, 0.29) is 5.91 Å². The first-order valence-electron chi connectivity index (χ1n) is 7.98. The Morgan fingerprint density at radius 2 is 1.73 bits per heavy atom. The van der Waals surface area contributed by atoms with Crippen molar-refractivity contribution in [3.63, 3.8) is 0 Å². The third-order valence-corrected chi connectivity index (χ3v) is 3.48.